The van der Waals surface area contributed by atoms with Crippen molar-refractivity contribution in [3.05, 3.63) is 48.3 Å². The highest BCUT2D eigenvalue weighted by Crippen LogP contribution is 2.36. The Kier molecular flexibility index (Phi) is 7.92. The van der Waals surface area contributed by atoms with Gasteiger partial charge in [-0.3, -0.25) is 0 Å². The number of hydrogen-bond donors (Lipinski definition) is 1. The van der Waals surface area contributed by atoms with E-state index in [9.17, 15) is 17.9 Å². The second kappa shape index (κ2) is 10.3. The molecule has 1 N–H and O–H groups in total. The number of aliphatic hydroxyl groups is 1. The number of aliphatic hydroxyl groups excluding tert-OH is 1. The Labute approximate surface area is 190 Å². The molecule has 1 aliphatic rings. The number of sulfonamides is 1. The van der Waals surface area contributed by atoms with Gasteiger partial charge >= 0.3 is 0 Å². The van der Waals surface area contributed by atoms with Crippen LogP contribution >= 0.6 is 0 Å². The zero-order chi connectivity index (χ0) is 23.5. The van der Waals surface area contributed by atoms with Crippen LogP contribution in [0.5, 0.6) is 5.75 Å². The number of hydrogen-bond acceptors (Lipinski definition) is 5. The van der Waals surface area contributed by atoms with E-state index in [1.165, 1.54) is 16.4 Å². The van der Waals surface area contributed by atoms with Gasteiger partial charge in [0.2, 0.25) is 10.0 Å². The predicted molar refractivity (Wildman–Crippen MR) is 124 cm³/mol. The van der Waals surface area contributed by atoms with Gasteiger partial charge in [0.15, 0.2) is 0 Å². The summed E-state index contributed by atoms with van der Waals surface area (Å²) < 4.78 is 48.2. The Morgan fingerprint density at radius 1 is 1.22 bits per heavy atom. The first kappa shape index (κ1) is 24.6. The van der Waals surface area contributed by atoms with Crippen LogP contribution in [-0.2, 0) is 10.0 Å². The molecule has 0 spiro atoms. The Morgan fingerprint density at radius 2 is 1.88 bits per heavy atom. The molecule has 32 heavy (non-hydrogen) atoms. The number of nitrogens with zero attached hydrogens (tertiary/aromatic N) is 2. The fraction of sp³-hybridized carbons (Fsp3) is 0.500. The van der Waals surface area contributed by atoms with E-state index in [4.69, 9.17) is 4.74 Å². The van der Waals surface area contributed by atoms with Gasteiger partial charge in [-0.1, -0.05) is 32.0 Å². The Bertz CT molecular complexity index is 1010. The van der Waals surface area contributed by atoms with Gasteiger partial charge in [-0.15, -0.1) is 0 Å². The van der Waals surface area contributed by atoms with Gasteiger partial charge in [0, 0.05) is 25.0 Å². The highest BCUT2D eigenvalue weighted by molar-refractivity contribution is 7.89. The lowest BCUT2D eigenvalue weighted by molar-refractivity contribution is 0.0753. The lowest BCUT2D eigenvalue weighted by Gasteiger charge is -2.37. The third kappa shape index (κ3) is 5.31. The van der Waals surface area contributed by atoms with Crippen LogP contribution in [0.4, 0.5) is 4.39 Å². The van der Waals surface area contributed by atoms with Crippen molar-refractivity contribution in [3.63, 3.8) is 0 Å². The lowest BCUT2D eigenvalue weighted by atomic mass is 10.0. The predicted octanol–water partition coefficient (Wildman–Crippen LogP) is 3.60. The van der Waals surface area contributed by atoms with Crippen LogP contribution in [-0.4, -0.2) is 68.2 Å². The van der Waals surface area contributed by atoms with Gasteiger partial charge in [0.05, 0.1) is 6.61 Å². The molecule has 0 radical (unpaired) electrons. The zero-order valence-electron chi connectivity index (χ0n) is 19.2. The average Bonchev–Trinajstić information content (AvgIpc) is 2.76. The quantitative estimate of drug-likeness (QED) is 0.678. The molecule has 0 aliphatic carbocycles. The Hall–Kier alpha value is -2.00. The summed E-state index contributed by atoms with van der Waals surface area (Å²) in [6.07, 6.45) is 0.767. The van der Waals surface area contributed by atoms with Gasteiger partial charge < -0.3 is 14.7 Å². The molecule has 176 valence electrons. The zero-order valence-corrected chi connectivity index (χ0v) is 20.0. The summed E-state index contributed by atoms with van der Waals surface area (Å²) >= 11 is 0. The first-order valence-corrected chi connectivity index (χ1v) is 12.5. The molecule has 1 heterocycles. The van der Waals surface area contributed by atoms with Crippen LogP contribution in [0.3, 0.4) is 0 Å². The van der Waals surface area contributed by atoms with Gasteiger partial charge in [-0.2, -0.15) is 4.31 Å². The molecule has 2 aromatic rings. The monoisotopic (exact) mass is 464 g/mol. The van der Waals surface area contributed by atoms with Crippen LogP contribution in [0.15, 0.2) is 47.4 Å². The van der Waals surface area contributed by atoms with E-state index in [0.717, 1.165) is 24.1 Å². The van der Waals surface area contributed by atoms with Crippen LogP contribution in [0.25, 0.3) is 11.1 Å². The van der Waals surface area contributed by atoms with Crippen molar-refractivity contribution in [2.24, 2.45) is 5.92 Å². The van der Waals surface area contributed by atoms with Gasteiger partial charge in [0.25, 0.3) is 0 Å². The van der Waals surface area contributed by atoms with Crippen LogP contribution in [0, 0.1) is 11.7 Å². The minimum atomic E-state index is -3.88. The number of rotatable bonds is 7. The second-order valence-electron chi connectivity index (χ2n) is 8.67. The number of benzene rings is 2. The first-order chi connectivity index (χ1) is 15.2. The second-order valence-corrected chi connectivity index (χ2v) is 10.5. The maximum Gasteiger partial charge on any atom is 0.247 e. The van der Waals surface area contributed by atoms with Gasteiger partial charge in [-0.05, 0) is 62.3 Å². The van der Waals surface area contributed by atoms with Crippen LogP contribution < -0.4 is 4.74 Å². The van der Waals surface area contributed by atoms with Crippen molar-refractivity contribution >= 4 is 10.0 Å². The summed E-state index contributed by atoms with van der Waals surface area (Å²) in [7, 11) is -1.85. The number of fused-ring (bicyclic) bond motifs is 1. The molecule has 8 heteroatoms. The van der Waals surface area contributed by atoms with Crippen molar-refractivity contribution < 1.29 is 22.7 Å². The molecular formula is C24H33FN2O4S. The molecule has 2 aromatic carbocycles. The fourth-order valence-corrected chi connectivity index (χ4v) is 5.87. The summed E-state index contributed by atoms with van der Waals surface area (Å²) in [6, 6.07) is 10.5. The molecule has 6 nitrogen and oxygen atoms in total. The molecule has 0 unspecified atom stereocenters. The number of likely N-dealkylation sites (N-methyl/N-ethyl adjacent to an activating group) is 1. The summed E-state index contributed by atoms with van der Waals surface area (Å²) in [5.74, 6) is -0.149. The summed E-state index contributed by atoms with van der Waals surface area (Å²) in [5, 5.41) is 9.74. The van der Waals surface area contributed by atoms with E-state index >= 15 is 0 Å². The molecule has 0 saturated heterocycles. The smallest absolute Gasteiger partial charge is 0.247 e. The SMILES string of the molecule is CCCN(C)C[C@@H]1Oc2cc(-c3ccc(F)cc3)ccc2S(=O)(=O)N([C@@H](C)CO)C[C@@H]1C. The molecule has 0 amide bonds. The number of ether oxygens (including phenoxy) is 1. The highest BCUT2D eigenvalue weighted by atomic mass is 32.2. The molecular weight excluding hydrogens is 431 g/mol. The maximum absolute atomic E-state index is 13.5. The van der Waals surface area contributed by atoms with Crippen molar-refractivity contribution in [2.75, 3.05) is 33.3 Å². The summed E-state index contributed by atoms with van der Waals surface area (Å²) in [4.78, 5) is 2.26. The van der Waals surface area contributed by atoms with Gasteiger partial charge in [0.1, 0.15) is 22.6 Å². The minimum absolute atomic E-state index is 0.0821. The highest BCUT2D eigenvalue weighted by Gasteiger charge is 2.38. The largest absolute Gasteiger partial charge is 0.487 e. The van der Waals surface area contributed by atoms with Crippen LogP contribution in [0.1, 0.15) is 27.2 Å². The van der Waals surface area contributed by atoms with E-state index < -0.39 is 16.1 Å². The van der Waals surface area contributed by atoms with Crippen molar-refractivity contribution in [2.45, 2.75) is 44.2 Å². The minimum Gasteiger partial charge on any atom is -0.487 e. The topological polar surface area (TPSA) is 70.1 Å². The molecule has 1 aliphatic heterocycles. The number of halogens is 1. The molecule has 0 aromatic heterocycles. The molecule has 3 rings (SSSR count). The lowest BCUT2D eigenvalue weighted by Crippen LogP contribution is -2.49. The van der Waals surface area contributed by atoms with E-state index in [2.05, 4.69) is 11.8 Å². The van der Waals surface area contributed by atoms with Gasteiger partial charge in [-0.25, -0.2) is 12.8 Å². The standard InChI is InChI=1S/C24H33FN2O4S/c1-5-12-26(4)15-23-17(2)14-27(18(3)16-28)32(29,30)24-11-8-20(13-22(24)31-23)19-6-9-21(25)10-7-19/h6-11,13,17-18,23,28H,5,12,14-16H2,1-4H3/t17-,18-,23-/m0/s1. The summed E-state index contributed by atoms with van der Waals surface area (Å²) in [5.41, 5.74) is 1.51. The molecule has 0 fully saturated rings. The molecule has 3 atom stereocenters. The molecule has 0 bridgehead atoms. The van der Waals surface area contributed by atoms with E-state index in [0.29, 0.717) is 6.54 Å². The Balaban J connectivity index is 2.10. The van der Waals surface area contributed by atoms with Crippen molar-refractivity contribution in [1.29, 1.82) is 0 Å². The van der Waals surface area contributed by atoms with Crippen LogP contribution in [0.2, 0.25) is 0 Å². The van der Waals surface area contributed by atoms with E-state index in [1.807, 2.05) is 14.0 Å². The van der Waals surface area contributed by atoms with Crippen molar-refractivity contribution in [1.82, 2.24) is 9.21 Å². The Morgan fingerprint density at radius 3 is 2.50 bits per heavy atom. The summed E-state index contributed by atoms with van der Waals surface area (Å²) in [6.45, 7) is 7.34. The van der Waals surface area contributed by atoms with E-state index in [1.54, 1.807) is 37.3 Å². The fourth-order valence-electron chi connectivity index (χ4n) is 4.05. The normalized spacial score (nSPS) is 22.0. The van der Waals surface area contributed by atoms with E-state index in [-0.39, 0.29) is 41.6 Å². The average molecular weight is 465 g/mol. The molecule has 0 saturated carbocycles. The third-order valence-corrected chi connectivity index (χ3v) is 7.96. The third-order valence-electron chi connectivity index (χ3n) is 5.94. The van der Waals surface area contributed by atoms with Crippen molar-refractivity contribution in [3.8, 4) is 16.9 Å². The first-order valence-electron chi connectivity index (χ1n) is 11.0. The maximum atomic E-state index is 13.5.